The topological polar surface area (TPSA) is 50.3 Å². The Kier molecular flexibility index (Phi) is 3.92. The summed E-state index contributed by atoms with van der Waals surface area (Å²) in [6, 6.07) is 9.87. The summed E-state index contributed by atoms with van der Waals surface area (Å²) in [6.07, 6.45) is 2.26. The lowest BCUT2D eigenvalue weighted by Gasteiger charge is -2.16. The third-order valence-corrected chi connectivity index (χ3v) is 4.66. The van der Waals surface area contributed by atoms with Gasteiger partial charge >= 0.3 is 0 Å². The van der Waals surface area contributed by atoms with E-state index in [4.69, 9.17) is 0 Å². The minimum Gasteiger partial charge on any atom is -0.311 e. The Hall–Kier alpha value is -1.88. The number of nitrogens with zero attached hydrogens (tertiary/aromatic N) is 2. The van der Waals surface area contributed by atoms with Gasteiger partial charge in [-0.3, -0.25) is 14.6 Å². The molecule has 0 radical (unpaired) electrons. The monoisotopic (exact) mass is 300 g/mol. The number of thioether (sulfide) groups is 1. The molecule has 1 aliphatic heterocycles. The third-order valence-electron chi connectivity index (χ3n) is 3.62. The lowest BCUT2D eigenvalue weighted by Crippen LogP contribution is -2.24. The van der Waals surface area contributed by atoms with Crippen LogP contribution in [0.5, 0.6) is 0 Å². The molecule has 0 bridgehead atoms. The molecule has 1 unspecified atom stereocenters. The number of anilines is 1. The van der Waals surface area contributed by atoms with Crippen LogP contribution in [0.1, 0.15) is 13.3 Å². The number of hydrogen-bond acceptors (Lipinski definition) is 4. The van der Waals surface area contributed by atoms with Crippen LogP contribution in [-0.4, -0.2) is 28.3 Å². The first-order chi connectivity index (χ1) is 10.1. The molecule has 0 saturated carbocycles. The minimum atomic E-state index is 0.105. The Morgan fingerprint density at radius 2 is 2.24 bits per heavy atom. The fourth-order valence-electron chi connectivity index (χ4n) is 2.58. The average molecular weight is 300 g/mol. The molecule has 0 spiro atoms. The number of carbonyl (C=O) groups is 2. The molecule has 1 aliphatic rings. The zero-order chi connectivity index (χ0) is 14.8. The van der Waals surface area contributed by atoms with Crippen molar-refractivity contribution < 1.29 is 9.59 Å². The molecule has 5 heteroatoms. The molecule has 1 fully saturated rings. The molecule has 1 aromatic heterocycles. The van der Waals surface area contributed by atoms with Gasteiger partial charge in [0.15, 0.2) is 5.12 Å². The number of benzene rings is 1. The number of aromatic nitrogens is 1. The zero-order valence-corrected chi connectivity index (χ0v) is 12.6. The molecule has 4 nitrogen and oxygen atoms in total. The van der Waals surface area contributed by atoms with Crippen LogP contribution in [0.3, 0.4) is 0 Å². The van der Waals surface area contributed by atoms with E-state index in [9.17, 15) is 9.59 Å². The van der Waals surface area contributed by atoms with Crippen LogP contribution < -0.4 is 4.90 Å². The number of carbonyl (C=O) groups excluding carboxylic acids is 2. The molecular weight excluding hydrogens is 284 g/mol. The Morgan fingerprint density at radius 3 is 3.05 bits per heavy atom. The van der Waals surface area contributed by atoms with Crippen LogP contribution in [0.4, 0.5) is 5.69 Å². The number of hydrogen-bond donors (Lipinski definition) is 0. The van der Waals surface area contributed by atoms with Crippen LogP contribution >= 0.6 is 11.8 Å². The van der Waals surface area contributed by atoms with Gasteiger partial charge in [0.25, 0.3) is 0 Å². The van der Waals surface area contributed by atoms with Crippen molar-refractivity contribution in [2.75, 3.05) is 17.2 Å². The van der Waals surface area contributed by atoms with Crippen molar-refractivity contribution in [1.82, 2.24) is 4.98 Å². The summed E-state index contributed by atoms with van der Waals surface area (Å²) in [5.74, 6) is 1.05. The van der Waals surface area contributed by atoms with E-state index < -0.39 is 0 Å². The van der Waals surface area contributed by atoms with Gasteiger partial charge in [-0.25, -0.2) is 0 Å². The van der Waals surface area contributed by atoms with Gasteiger partial charge in [-0.15, -0.1) is 0 Å². The third kappa shape index (κ3) is 3.08. The van der Waals surface area contributed by atoms with Gasteiger partial charge in [0.2, 0.25) is 5.91 Å². The molecule has 2 aromatic rings. The molecular formula is C16H16N2O2S. The van der Waals surface area contributed by atoms with Crippen molar-refractivity contribution in [3.05, 3.63) is 36.5 Å². The summed E-state index contributed by atoms with van der Waals surface area (Å²) < 4.78 is 0. The number of amides is 1. The summed E-state index contributed by atoms with van der Waals surface area (Å²) in [5.41, 5.74) is 1.77. The normalized spacial score (nSPS) is 18.4. The standard InChI is InChI=1S/C16H16N2O2S/c1-11(19)21-10-12-6-16(20)18(9-12)14-7-13-4-2-3-5-15(13)17-8-14/h2-5,7-8,12H,6,9-10H2,1H3. The highest BCUT2D eigenvalue weighted by Gasteiger charge is 2.31. The van der Waals surface area contributed by atoms with E-state index in [0.717, 1.165) is 16.6 Å². The van der Waals surface area contributed by atoms with E-state index in [0.29, 0.717) is 18.7 Å². The fraction of sp³-hybridized carbons (Fsp3) is 0.312. The largest absolute Gasteiger partial charge is 0.311 e. The molecule has 3 rings (SSSR count). The summed E-state index contributed by atoms with van der Waals surface area (Å²) in [5, 5.41) is 1.14. The van der Waals surface area contributed by atoms with Crippen LogP contribution in [-0.2, 0) is 9.59 Å². The van der Waals surface area contributed by atoms with Gasteiger partial charge < -0.3 is 4.90 Å². The highest BCUT2D eigenvalue weighted by atomic mass is 32.2. The maximum atomic E-state index is 12.2. The van der Waals surface area contributed by atoms with Crippen molar-refractivity contribution in [3.8, 4) is 0 Å². The Morgan fingerprint density at radius 1 is 1.43 bits per heavy atom. The number of rotatable bonds is 3. The lowest BCUT2D eigenvalue weighted by atomic mass is 10.1. The predicted octanol–water partition coefficient (Wildman–Crippen LogP) is 2.87. The van der Waals surface area contributed by atoms with Crippen LogP contribution in [0.25, 0.3) is 10.9 Å². The summed E-state index contributed by atoms with van der Waals surface area (Å²) in [7, 11) is 0. The predicted molar refractivity (Wildman–Crippen MR) is 85.3 cm³/mol. The SMILES string of the molecule is CC(=O)SCC1CC(=O)N(c2cnc3ccccc3c2)C1. The van der Waals surface area contributed by atoms with Gasteiger partial charge in [-0.1, -0.05) is 30.0 Å². The van der Waals surface area contributed by atoms with Crippen molar-refractivity contribution >= 4 is 39.4 Å². The fourth-order valence-corrected chi connectivity index (χ4v) is 3.28. The molecule has 1 amide bonds. The van der Waals surface area contributed by atoms with Crippen molar-refractivity contribution in [2.24, 2.45) is 5.92 Å². The van der Waals surface area contributed by atoms with Crippen molar-refractivity contribution in [1.29, 1.82) is 0 Å². The minimum absolute atomic E-state index is 0.105. The van der Waals surface area contributed by atoms with Crippen LogP contribution in [0, 0.1) is 5.92 Å². The molecule has 0 aliphatic carbocycles. The van der Waals surface area contributed by atoms with Crippen molar-refractivity contribution in [2.45, 2.75) is 13.3 Å². The van der Waals surface area contributed by atoms with Crippen LogP contribution in [0.15, 0.2) is 36.5 Å². The Balaban J connectivity index is 1.79. The highest BCUT2D eigenvalue weighted by molar-refractivity contribution is 8.13. The molecule has 1 saturated heterocycles. The van der Waals surface area contributed by atoms with E-state index in [1.807, 2.05) is 30.3 Å². The van der Waals surface area contributed by atoms with Crippen molar-refractivity contribution in [3.63, 3.8) is 0 Å². The van der Waals surface area contributed by atoms with Gasteiger partial charge in [-0.2, -0.15) is 0 Å². The molecule has 21 heavy (non-hydrogen) atoms. The lowest BCUT2D eigenvalue weighted by molar-refractivity contribution is -0.117. The van der Waals surface area contributed by atoms with E-state index in [-0.39, 0.29) is 16.9 Å². The van der Waals surface area contributed by atoms with Gasteiger partial charge in [0.1, 0.15) is 0 Å². The molecule has 2 heterocycles. The summed E-state index contributed by atoms with van der Waals surface area (Å²) in [6.45, 7) is 2.23. The van der Waals surface area contributed by atoms with Gasteiger partial charge in [-0.05, 0) is 18.1 Å². The van der Waals surface area contributed by atoms with E-state index >= 15 is 0 Å². The number of fused-ring (bicyclic) bond motifs is 1. The Labute approximate surface area is 127 Å². The first-order valence-corrected chi connectivity index (χ1v) is 7.90. The van der Waals surface area contributed by atoms with E-state index in [1.54, 1.807) is 18.0 Å². The first-order valence-electron chi connectivity index (χ1n) is 6.92. The molecule has 1 atom stereocenters. The van der Waals surface area contributed by atoms with Gasteiger partial charge in [0.05, 0.1) is 17.4 Å². The zero-order valence-electron chi connectivity index (χ0n) is 11.8. The number of pyridine rings is 1. The molecule has 1 aromatic carbocycles. The highest BCUT2D eigenvalue weighted by Crippen LogP contribution is 2.28. The second-order valence-corrected chi connectivity index (χ2v) is 6.46. The number of para-hydroxylation sites is 1. The second-order valence-electron chi connectivity index (χ2n) is 5.26. The van der Waals surface area contributed by atoms with Gasteiger partial charge in [0, 0.05) is 31.0 Å². The quantitative estimate of drug-likeness (QED) is 0.874. The Bertz CT molecular complexity index is 701. The maximum absolute atomic E-state index is 12.2. The van der Waals surface area contributed by atoms with E-state index in [1.165, 1.54) is 11.8 Å². The molecule has 0 N–H and O–H groups in total. The van der Waals surface area contributed by atoms with Crippen LogP contribution in [0.2, 0.25) is 0 Å². The summed E-state index contributed by atoms with van der Waals surface area (Å²) >= 11 is 1.30. The molecule has 108 valence electrons. The first kappa shape index (κ1) is 14.1. The van der Waals surface area contributed by atoms with E-state index in [2.05, 4.69) is 4.98 Å². The maximum Gasteiger partial charge on any atom is 0.227 e. The summed E-state index contributed by atoms with van der Waals surface area (Å²) in [4.78, 5) is 29.4. The average Bonchev–Trinajstić information content (AvgIpc) is 2.86. The second kappa shape index (κ2) is 5.85. The smallest absolute Gasteiger partial charge is 0.227 e.